The molecule has 2 rings (SSSR count). The van der Waals surface area contributed by atoms with Gasteiger partial charge in [-0.3, -0.25) is 0 Å². The van der Waals surface area contributed by atoms with Crippen molar-refractivity contribution in [3.05, 3.63) is 47.0 Å². The molecule has 0 aliphatic carbocycles. The number of nitrogens with zero attached hydrogens (tertiary/aromatic N) is 2. The Labute approximate surface area is 111 Å². The molecular weight excluding hydrogens is 244 g/mol. The molecular formula is C14H16N2O3. The van der Waals surface area contributed by atoms with Crippen LogP contribution in [0.5, 0.6) is 0 Å². The number of anilines is 1. The number of carboxylic acids is 1. The Balaban J connectivity index is 2.40. The van der Waals surface area contributed by atoms with Crippen LogP contribution in [0, 0.1) is 13.8 Å². The third-order valence-electron chi connectivity index (χ3n) is 2.87. The Hall–Kier alpha value is -2.30. The maximum atomic E-state index is 11.4. The quantitative estimate of drug-likeness (QED) is 0.915. The average molecular weight is 260 g/mol. The van der Waals surface area contributed by atoms with E-state index < -0.39 is 5.97 Å². The summed E-state index contributed by atoms with van der Waals surface area (Å²) in [7, 11) is 1.80. The molecule has 0 saturated carbocycles. The third-order valence-corrected chi connectivity index (χ3v) is 2.87. The summed E-state index contributed by atoms with van der Waals surface area (Å²) in [5, 5.41) is 9.32. The van der Waals surface area contributed by atoms with Crippen molar-refractivity contribution in [2.24, 2.45) is 0 Å². The zero-order valence-electron chi connectivity index (χ0n) is 11.2. The summed E-state index contributed by atoms with van der Waals surface area (Å²) in [5.41, 5.74) is 1.74. The van der Waals surface area contributed by atoms with Crippen molar-refractivity contribution in [3.63, 3.8) is 0 Å². The number of hydrogen-bond donors (Lipinski definition) is 1. The van der Waals surface area contributed by atoms with E-state index in [9.17, 15) is 9.90 Å². The van der Waals surface area contributed by atoms with Gasteiger partial charge in [0, 0.05) is 12.7 Å². The molecule has 5 nitrogen and oxygen atoms in total. The van der Waals surface area contributed by atoms with Crippen LogP contribution in [0.25, 0.3) is 0 Å². The van der Waals surface area contributed by atoms with Gasteiger partial charge in [0.1, 0.15) is 17.1 Å². The SMILES string of the molecule is Cc1cc(C)c(C(=O)O)c(N(C)Cc2ccco2)n1. The van der Waals surface area contributed by atoms with Gasteiger partial charge in [-0.2, -0.15) is 0 Å². The number of carboxylic acid groups (broad SMARTS) is 1. The van der Waals surface area contributed by atoms with Gasteiger partial charge in [0.25, 0.3) is 0 Å². The largest absolute Gasteiger partial charge is 0.478 e. The number of aromatic carboxylic acids is 1. The number of pyridine rings is 1. The molecule has 0 saturated heterocycles. The lowest BCUT2D eigenvalue weighted by molar-refractivity contribution is 0.0696. The first-order valence-electron chi connectivity index (χ1n) is 5.94. The highest BCUT2D eigenvalue weighted by Gasteiger charge is 2.19. The fraction of sp³-hybridized carbons (Fsp3) is 0.286. The Morgan fingerprint density at radius 3 is 2.79 bits per heavy atom. The maximum Gasteiger partial charge on any atom is 0.339 e. The van der Waals surface area contributed by atoms with Crippen molar-refractivity contribution in [1.29, 1.82) is 0 Å². The molecule has 1 N–H and O–H groups in total. The fourth-order valence-corrected chi connectivity index (χ4v) is 2.07. The zero-order chi connectivity index (χ0) is 14.0. The van der Waals surface area contributed by atoms with Crippen molar-refractivity contribution in [3.8, 4) is 0 Å². The topological polar surface area (TPSA) is 66.6 Å². The molecule has 0 bridgehead atoms. The molecule has 2 aromatic heterocycles. The number of aryl methyl sites for hydroxylation is 2. The lowest BCUT2D eigenvalue weighted by atomic mass is 10.1. The lowest BCUT2D eigenvalue weighted by Gasteiger charge is -2.20. The third kappa shape index (κ3) is 2.76. The Kier molecular flexibility index (Phi) is 3.55. The Bertz CT molecular complexity index is 591. The van der Waals surface area contributed by atoms with Gasteiger partial charge in [-0.1, -0.05) is 0 Å². The van der Waals surface area contributed by atoms with Gasteiger partial charge in [0.2, 0.25) is 0 Å². The predicted molar refractivity (Wildman–Crippen MR) is 71.5 cm³/mol. The Morgan fingerprint density at radius 2 is 2.21 bits per heavy atom. The molecule has 2 heterocycles. The first-order chi connectivity index (χ1) is 8.99. The van der Waals surface area contributed by atoms with Crippen LogP contribution in [0.1, 0.15) is 27.4 Å². The summed E-state index contributed by atoms with van der Waals surface area (Å²) >= 11 is 0. The molecule has 0 spiro atoms. The van der Waals surface area contributed by atoms with Gasteiger partial charge < -0.3 is 14.4 Å². The van der Waals surface area contributed by atoms with Crippen LogP contribution in [-0.4, -0.2) is 23.1 Å². The van der Waals surface area contributed by atoms with Crippen LogP contribution >= 0.6 is 0 Å². The number of carbonyl (C=O) groups is 1. The molecule has 0 aromatic carbocycles. The molecule has 19 heavy (non-hydrogen) atoms. The Morgan fingerprint density at radius 1 is 1.47 bits per heavy atom. The zero-order valence-corrected chi connectivity index (χ0v) is 11.2. The summed E-state index contributed by atoms with van der Waals surface area (Å²) in [6, 6.07) is 5.42. The monoisotopic (exact) mass is 260 g/mol. The molecule has 100 valence electrons. The summed E-state index contributed by atoms with van der Waals surface area (Å²) < 4.78 is 5.27. The molecule has 0 radical (unpaired) electrons. The molecule has 5 heteroatoms. The van der Waals surface area contributed by atoms with E-state index in [1.54, 1.807) is 37.3 Å². The minimum atomic E-state index is -0.966. The van der Waals surface area contributed by atoms with E-state index in [0.717, 1.165) is 11.5 Å². The van der Waals surface area contributed by atoms with Gasteiger partial charge in [-0.15, -0.1) is 0 Å². The highest BCUT2D eigenvalue weighted by molar-refractivity contribution is 5.95. The van der Waals surface area contributed by atoms with E-state index in [4.69, 9.17) is 4.42 Å². The van der Waals surface area contributed by atoms with Crippen molar-refractivity contribution >= 4 is 11.8 Å². The van der Waals surface area contributed by atoms with Gasteiger partial charge in [-0.25, -0.2) is 9.78 Å². The van der Waals surface area contributed by atoms with E-state index in [-0.39, 0.29) is 5.56 Å². The predicted octanol–water partition coefficient (Wildman–Crippen LogP) is 2.63. The average Bonchev–Trinajstić information content (AvgIpc) is 2.79. The van der Waals surface area contributed by atoms with E-state index in [1.165, 1.54) is 0 Å². The van der Waals surface area contributed by atoms with Crippen LogP contribution in [0.2, 0.25) is 0 Å². The van der Waals surface area contributed by atoms with Crippen LogP contribution < -0.4 is 4.90 Å². The first-order valence-corrected chi connectivity index (χ1v) is 5.94. The molecule has 0 aliphatic rings. The molecule has 0 aliphatic heterocycles. The van der Waals surface area contributed by atoms with E-state index in [1.807, 2.05) is 13.0 Å². The highest BCUT2D eigenvalue weighted by Crippen LogP contribution is 2.23. The minimum absolute atomic E-state index is 0.236. The molecule has 2 aromatic rings. The summed E-state index contributed by atoms with van der Waals surface area (Å²) in [6.45, 7) is 4.11. The lowest BCUT2D eigenvalue weighted by Crippen LogP contribution is -2.21. The van der Waals surface area contributed by atoms with Crippen molar-refractivity contribution in [2.75, 3.05) is 11.9 Å². The van der Waals surface area contributed by atoms with E-state index in [2.05, 4.69) is 4.98 Å². The normalized spacial score (nSPS) is 10.5. The second kappa shape index (κ2) is 5.14. The molecule has 0 amide bonds. The molecule has 0 fully saturated rings. The fourth-order valence-electron chi connectivity index (χ4n) is 2.07. The van der Waals surface area contributed by atoms with Crippen molar-refractivity contribution in [1.82, 2.24) is 4.98 Å². The first kappa shape index (κ1) is 13.1. The summed E-state index contributed by atoms with van der Waals surface area (Å²) in [6.07, 6.45) is 1.59. The van der Waals surface area contributed by atoms with Crippen molar-refractivity contribution < 1.29 is 14.3 Å². The van der Waals surface area contributed by atoms with Gasteiger partial charge >= 0.3 is 5.97 Å². The van der Waals surface area contributed by atoms with Gasteiger partial charge in [0.05, 0.1) is 12.8 Å². The summed E-state index contributed by atoms with van der Waals surface area (Å²) in [4.78, 5) is 17.5. The van der Waals surface area contributed by atoms with Crippen LogP contribution in [0.3, 0.4) is 0 Å². The summed E-state index contributed by atoms with van der Waals surface area (Å²) in [5.74, 6) is 0.257. The van der Waals surface area contributed by atoms with Crippen LogP contribution in [0.15, 0.2) is 28.9 Å². The maximum absolute atomic E-state index is 11.4. The van der Waals surface area contributed by atoms with Crippen LogP contribution in [0.4, 0.5) is 5.82 Å². The van der Waals surface area contributed by atoms with Gasteiger partial charge in [-0.05, 0) is 37.6 Å². The second-order valence-corrected chi connectivity index (χ2v) is 4.52. The highest BCUT2D eigenvalue weighted by atomic mass is 16.4. The number of hydrogen-bond acceptors (Lipinski definition) is 4. The standard InChI is InChI=1S/C14H16N2O3/c1-9-7-10(2)15-13(12(9)14(17)18)16(3)8-11-5-4-6-19-11/h4-7H,8H2,1-3H3,(H,17,18). The van der Waals surface area contributed by atoms with Crippen molar-refractivity contribution in [2.45, 2.75) is 20.4 Å². The van der Waals surface area contributed by atoms with Crippen LogP contribution in [-0.2, 0) is 6.54 Å². The van der Waals surface area contributed by atoms with E-state index >= 15 is 0 Å². The number of aromatic nitrogens is 1. The number of furan rings is 1. The molecule has 0 atom stereocenters. The van der Waals surface area contributed by atoms with Gasteiger partial charge in [0.15, 0.2) is 0 Å². The number of rotatable bonds is 4. The smallest absolute Gasteiger partial charge is 0.339 e. The second-order valence-electron chi connectivity index (χ2n) is 4.52. The minimum Gasteiger partial charge on any atom is -0.478 e. The molecule has 0 unspecified atom stereocenters. The van der Waals surface area contributed by atoms with E-state index in [0.29, 0.717) is 17.9 Å².